The third-order valence-corrected chi connectivity index (χ3v) is 3.39. The average molecular weight is 274 g/mol. The predicted molar refractivity (Wildman–Crippen MR) is 69.1 cm³/mol. The van der Waals surface area contributed by atoms with E-state index in [-0.39, 0.29) is 23.2 Å². The number of aromatic nitrogens is 5. The van der Waals surface area contributed by atoms with Gasteiger partial charge in [-0.2, -0.15) is 20.1 Å². The molecule has 2 aromatic rings. The molecule has 0 spiro atoms. The van der Waals surface area contributed by atoms with Gasteiger partial charge in [0, 0.05) is 26.2 Å². The van der Waals surface area contributed by atoms with Crippen LogP contribution in [0.4, 0.5) is 0 Å². The fourth-order valence-electron chi connectivity index (χ4n) is 2.31. The molecule has 0 aromatic carbocycles. The van der Waals surface area contributed by atoms with Crippen LogP contribution in [0.3, 0.4) is 0 Å². The third-order valence-electron chi connectivity index (χ3n) is 3.39. The zero-order valence-corrected chi connectivity index (χ0v) is 11.0. The largest absolute Gasteiger partial charge is 0.335 e. The van der Waals surface area contributed by atoms with Crippen LogP contribution in [-0.2, 0) is 7.05 Å². The summed E-state index contributed by atoms with van der Waals surface area (Å²) in [6.45, 7) is 1.19. The van der Waals surface area contributed by atoms with E-state index in [1.807, 2.05) is 0 Å². The van der Waals surface area contributed by atoms with Crippen molar-refractivity contribution in [3.05, 3.63) is 40.6 Å². The van der Waals surface area contributed by atoms with Crippen molar-refractivity contribution in [2.45, 2.75) is 12.5 Å². The van der Waals surface area contributed by atoms with Gasteiger partial charge >= 0.3 is 0 Å². The van der Waals surface area contributed by atoms with Crippen molar-refractivity contribution >= 4 is 5.91 Å². The first-order valence-electron chi connectivity index (χ1n) is 6.34. The van der Waals surface area contributed by atoms with E-state index in [9.17, 15) is 9.59 Å². The maximum absolute atomic E-state index is 12.3. The molecule has 1 saturated heterocycles. The monoisotopic (exact) mass is 274 g/mol. The second-order valence-electron chi connectivity index (χ2n) is 4.72. The number of nitrogens with zero attached hydrogens (tertiary/aromatic N) is 6. The van der Waals surface area contributed by atoms with Crippen LogP contribution in [0.15, 0.2) is 29.3 Å². The Hall–Kier alpha value is -2.51. The second-order valence-corrected chi connectivity index (χ2v) is 4.72. The van der Waals surface area contributed by atoms with Crippen LogP contribution in [0, 0.1) is 0 Å². The summed E-state index contributed by atoms with van der Waals surface area (Å²) in [7, 11) is 1.53. The summed E-state index contributed by atoms with van der Waals surface area (Å²) in [6.07, 6.45) is 4.06. The van der Waals surface area contributed by atoms with Crippen LogP contribution < -0.4 is 5.56 Å². The van der Waals surface area contributed by atoms with Crippen molar-refractivity contribution in [3.8, 4) is 0 Å². The van der Waals surface area contributed by atoms with Crippen molar-refractivity contribution in [2.24, 2.45) is 7.05 Å². The van der Waals surface area contributed by atoms with Crippen LogP contribution in [0.1, 0.15) is 23.0 Å². The standard InChI is InChI=1S/C12H14N6O2/c1-16-11(19)3-2-10(15-16)12(20)17-7-4-9(8-17)18-13-5-6-14-18/h2-3,5-6,9H,4,7-8H2,1H3. The second kappa shape index (κ2) is 4.87. The lowest BCUT2D eigenvalue weighted by molar-refractivity contribution is 0.0777. The zero-order valence-electron chi connectivity index (χ0n) is 11.0. The van der Waals surface area contributed by atoms with Crippen molar-refractivity contribution in [2.75, 3.05) is 13.1 Å². The fourth-order valence-corrected chi connectivity index (χ4v) is 2.31. The van der Waals surface area contributed by atoms with E-state index in [0.717, 1.165) is 11.1 Å². The maximum Gasteiger partial charge on any atom is 0.274 e. The molecule has 1 amide bonds. The summed E-state index contributed by atoms with van der Waals surface area (Å²) in [5, 5.41) is 12.2. The van der Waals surface area contributed by atoms with E-state index in [1.54, 1.807) is 22.1 Å². The van der Waals surface area contributed by atoms with Gasteiger partial charge < -0.3 is 4.90 Å². The number of amides is 1. The van der Waals surface area contributed by atoms with E-state index in [4.69, 9.17) is 0 Å². The Kier molecular flexibility index (Phi) is 3.05. The highest BCUT2D eigenvalue weighted by atomic mass is 16.2. The van der Waals surface area contributed by atoms with Gasteiger partial charge in [0.25, 0.3) is 11.5 Å². The molecule has 0 aliphatic carbocycles. The first-order chi connectivity index (χ1) is 9.65. The number of rotatable bonds is 2. The van der Waals surface area contributed by atoms with Crippen molar-refractivity contribution < 1.29 is 4.79 Å². The van der Waals surface area contributed by atoms with Gasteiger partial charge in [0.1, 0.15) is 5.69 Å². The van der Waals surface area contributed by atoms with E-state index in [1.165, 1.54) is 19.2 Å². The lowest BCUT2D eigenvalue weighted by atomic mass is 10.3. The molecule has 2 aromatic heterocycles. The van der Waals surface area contributed by atoms with Crippen molar-refractivity contribution in [3.63, 3.8) is 0 Å². The summed E-state index contributed by atoms with van der Waals surface area (Å²) in [6, 6.07) is 2.91. The minimum atomic E-state index is -0.235. The number of carbonyl (C=O) groups excluding carboxylic acids is 1. The number of hydrogen-bond acceptors (Lipinski definition) is 5. The molecule has 1 atom stereocenters. The molecule has 0 N–H and O–H groups in total. The van der Waals surface area contributed by atoms with E-state index in [0.29, 0.717) is 13.1 Å². The molecule has 0 bridgehead atoms. The lowest BCUT2D eigenvalue weighted by Crippen LogP contribution is -2.32. The smallest absolute Gasteiger partial charge is 0.274 e. The molecule has 3 rings (SSSR count). The fraction of sp³-hybridized carbons (Fsp3) is 0.417. The van der Waals surface area contributed by atoms with Crippen molar-refractivity contribution in [1.82, 2.24) is 29.7 Å². The predicted octanol–water partition coefficient (Wildman–Crippen LogP) is -0.541. The minimum absolute atomic E-state index is 0.0986. The number of carbonyl (C=O) groups is 1. The first kappa shape index (κ1) is 12.5. The Bertz CT molecular complexity index is 678. The molecule has 0 radical (unpaired) electrons. The van der Waals surface area contributed by atoms with Gasteiger partial charge in [-0.15, -0.1) is 0 Å². The summed E-state index contributed by atoms with van der Waals surface area (Å²) in [5.41, 5.74) is 0.0442. The number of hydrogen-bond donors (Lipinski definition) is 0. The quantitative estimate of drug-likeness (QED) is 0.734. The van der Waals surface area contributed by atoms with E-state index >= 15 is 0 Å². The Morgan fingerprint density at radius 1 is 1.30 bits per heavy atom. The third kappa shape index (κ3) is 2.20. The molecule has 3 heterocycles. The van der Waals surface area contributed by atoms with Gasteiger partial charge in [-0.1, -0.05) is 0 Å². The Labute approximate surface area is 114 Å². The Morgan fingerprint density at radius 2 is 2.05 bits per heavy atom. The number of likely N-dealkylation sites (tertiary alicyclic amines) is 1. The van der Waals surface area contributed by atoms with Gasteiger partial charge in [-0.25, -0.2) is 4.68 Å². The molecule has 1 aliphatic rings. The molecule has 1 aliphatic heterocycles. The first-order valence-corrected chi connectivity index (χ1v) is 6.34. The minimum Gasteiger partial charge on any atom is -0.335 e. The highest BCUT2D eigenvalue weighted by molar-refractivity contribution is 5.92. The molecule has 104 valence electrons. The molecular formula is C12H14N6O2. The van der Waals surface area contributed by atoms with Crippen LogP contribution in [0.25, 0.3) is 0 Å². The summed E-state index contributed by atoms with van der Waals surface area (Å²) in [5.74, 6) is -0.171. The lowest BCUT2D eigenvalue weighted by Gasteiger charge is -2.15. The molecule has 8 heteroatoms. The van der Waals surface area contributed by atoms with Crippen molar-refractivity contribution in [1.29, 1.82) is 0 Å². The van der Waals surface area contributed by atoms with Crippen LogP contribution in [-0.4, -0.2) is 48.7 Å². The summed E-state index contributed by atoms with van der Waals surface area (Å²) >= 11 is 0. The van der Waals surface area contributed by atoms with Gasteiger partial charge in [0.2, 0.25) is 0 Å². The molecule has 1 fully saturated rings. The average Bonchev–Trinajstić information content (AvgIpc) is 3.11. The maximum atomic E-state index is 12.3. The molecule has 20 heavy (non-hydrogen) atoms. The number of aryl methyl sites for hydroxylation is 1. The van der Waals surface area contributed by atoms with Gasteiger partial charge in [-0.05, 0) is 12.5 Å². The summed E-state index contributed by atoms with van der Waals surface area (Å²) in [4.78, 5) is 26.9. The SMILES string of the molecule is Cn1nc(C(=O)N2CCC(n3nccn3)C2)ccc1=O. The highest BCUT2D eigenvalue weighted by Crippen LogP contribution is 2.20. The normalized spacial score (nSPS) is 18.4. The summed E-state index contributed by atoms with van der Waals surface area (Å²) < 4.78 is 1.16. The van der Waals surface area contributed by atoms with Crippen LogP contribution >= 0.6 is 0 Å². The van der Waals surface area contributed by atoms with Crippen LogP contribution in [0.2, 0.25) is 0 Å². The molecular weight excluding hydrogens is 260 g/mol. The Balaban J connectivity index is 1.75. The zero-order chi connectivity index (χ0) is 14.1. The Morgan fingerprint density at radius 3 is 2.75 bits per heavy atom. The molecule has 0 saturated carbocycles. The van der Waals surface area contributed by atoms with Gasteiger partial charge in [0.05, 0.1) is 18.4 Å². The van der Waals surface area contributed by atoms with Gasteiger partial charge in [-0.3, -0.25) is 9.59 Å². The highest BCUT2D eigenvalue weighted by Gasteiger charge is 2.29. The molecule has 8 nitrogen and oxygen atoms in total. The van der Waals surface area contributed by atoms with E-state index < -0.39 is 0 Å². The molecule has 1 unspecified atom stereocenters. The van der Waals surface area contributed by atoms with Crippen LogP contribution in [0.5, 0.6) is 0 Å². The topological polar surface area (TPSA) is 85.9 Å². The van der Waals surface area contributed by atoms with E-state index in [2.05, 4.69) is 15.3 Å². The van der Waals surface area contributed by atoms with Gasteiger partial charge in [0.15, 0.2) is 0 Å².